The van der Waals surface area contributed by atoms with Crippen molar-refractivity contribution in [3.8, 4) is 0 Å². The lowest BCUT2D eigenvalue weighted by Crippen LogP contribution is -2.14. The molecule has 4 N–H and O–H groups in total. The van der Waals surface area contributed by atoms with E-state index >= 15 is 0 Å². The Bertz CT molecular complexity index is 709. The number of halogens is 1. The molecule has 0 radical (unpaired) electrons. The fraction of sp³-hybridized carbons (Fsp3) is 0.0667. The topological polar surface area (TPSA) is 92.4 Å². The van der Waals surface area contributed by atoms with Gasteiger partial charge in [-0.15, -0.1) is 0 Å². The number of aryl methyl sites for hydroxylation is 1. The predicted octanol–water partition coefficient (Wildman–Crippen LogP) is 3.18. The van der Waals surface area contributed by atoms with E-state index in [4.69, 9.17) is 22.4 Å². The highest BCUT2D eigenvalue weighted by molar-refractivity contribution is 6.31. The standard InChI is InChI=1S/C15H13ClN2O3/c1-8-4-10(6-11(16)5-8)14(19)18-13-3-2-9(15(20)21)7-12(13)17/h2-7H,17H2,1H3,(H,18,19)(H,20,21). The van der Waals surface area contributed by atoms with Crippen LogP contribution in [0.25, 0.3) is 0 Å². The van der Waals surface area contributed by atoms with Gasteiger partial charge in [0.15, 0.2) is 0 Å². The first-order valence-corrected chi connectivity index (χ1v) is 6.46. The lowest BCUT2D eigenvalue weighted by Gasteiger charge is -2.09. The van der Waals surface area contributed by atoms with Crippen molar-refractivity contribution < 1.29 is 14.7 Å². The minimum absolute atomic E-state index is 0.0594. The van der Waals surface area contributed by atoms with E-state index in [1.165, 1.54) is 18.2 Å². The van der Waals surface area contributed by atoms with Crippen LogP contribution in [0.4, 0.5) is 11.4 Å². The van der Waals surface area contributed by atoms with Crippen LogP contribution >= 0.6 is 11.6 Å². The summed E-state index contributed by atoms with van der Waals surface area (Å²) in [5.74, 6) is -1.44. The van der Waals surface area contributed by atoms with Gasteiger partial charge in [-0.25, -0.2) is 4.79 Å². The number of carbonyl (C=O) groups is 2. The van der Waals surface area contributed by atoms with Crippen molar-refractivity contribution in [3.05, 3.63) is 58.1 Å². The normalized spacial score (nSPS) is 10.2. The molecule has 6 heteroatoms. The van der Waals surface area contributed by atoms with Crippen LogP contribution in [0.3, 0.4) is 0 Å². The molecule has 108 valence electrons. The van der Waals surface area contributed by atoms with Crippen LogP contribution in [-0.2, 0) is 0 Å². The number of carbonyl (C=O) groups excluding carboxylic acids is 1. The summed E-state index contributed by atoms with van der Waals surface area (Å²) in [5.41, 5.74) is 7.60. The van der Waals surface area contributed by atoms with Crippen LogP contribution in [0.1, 0.15) is 26.3 Å². The lowest BCUT2D eigenvalue weighted by molar-refractivity contribution is 0.0697. The average molecular weight is 305 g/mol. The third kappa shape index (κ3) is 3.52. The van der Waals surface area contributed by atoms with Crippen LogP contribution in [0.5, 0.6) is 0 Å². The van der Waals surface area contributed by atoms with Crippen molar-refractivity contribution in [2.75, 3.05) is 11.1 Å². The number of benzene rings is 2. The predicted molar refractivity (Wildman–Crippen MR) is 82.0 cm³/mol. The van der Waals surface area contributed by atoms with Crippen molar-refractivity contribution in [2.24, 2.45) is 0 Å². The maximum Gasteiger partial charge on any atom is 0.335 e. The maximum atomic E-state index is 12.1. The second-order valence-corrected chi connectivity index (χ2v) is 5.01. The van der Waals surface area contributed by atoms with Gasteiger partial charge < -0.3 is 16.2 Å². The molecule has 0 aromatic heterocycles. The third-order valence-corrected chi connectivity index (χ3v) is 3.07. The lowest BCUT2D eigenvalue weighted by atomic mass is 10.1. The van der Waals surface area contributed by atoms with Gasteiger partial charge in [-0.2, -0.15) is 0 Å². The number of carboxylic acid groups (broad SMARTS) is 1. The van der Waals surface area contributed by atoms with Crippen molar-refractivity contribution >= 4 is 34.9 Å². The number of nitrogens with two attached hydrogens (primary N) is 1. The molecule has 2 aromatic rings. The summed E-state index contributed by atoms with van der Waals surface area (Å²) >= 11 is 5.91. The van der Waals surface area contributed by atoms with Gasteiger partial charge in [-0.05, 0) is 48.9 Å². The summed E-state index contributed by atoms with van der Waals surface area (Å²) in [4.78, 5) is 23.0. The number of carboxylic acids is 1. The minimum Gasteiger partial charge on any atom is -0.478 e. The van der Waals surface area contributed by atoms with Crippen LogP contribution in [-0.4, -0.2) is 17.0 Å². The number of nitrogens with one attached hydrogen (secondary N) is 1. The Morgan fingerprint density at radius 3 is 2.43 bits per heavy atom. The monoisotopic (exact) mass is 304 g/mol. The molecule has 0 aliphatic carbocycles. The van der Waals surface area contributed by atoms with E-state index in [1.807, 2.05) is 6.92 Å². The van der Waals surface area contributed by atoms with Crippen LogP contribution < -0.4 is 11.1 Å². The molecule has 0 aliphatic heterocycles. The maximum absolute atomic E-state index is 12.1. The zero-order valence-electron chi connectivity index (χ0n) is 11.2. The Hall–Kier alpha value is -2.53. The van der Waals surface area contributed by atoms with E-state index in [0.717, 1.165) is 5.56 Å². The van der Waals surface area contributed by atoms with E-state index in [1.54, 1.807) is 18.2 Å². The highest BCUT2D eigenvalue weighted by Crippen LogP contribution is 2.22. The average Bonchev–Trinajstić information content (AvgIpc) is 2.39. The molecule has 0 aliphatic rings. The molecule has 0 saturated carbocycles. The Morgan fingerprint density at radius 1 is 1.14 bits per heavy atom. The summed E-state index contributed by atoms with van der Waals surface area (Å²) in [6.07, 6.45) is 0. The quantitative estimate of drug-likeness (QED) is 0.759. The molecule has 2 aromatic carbocycles. The number of hydrogen-bond acceptors (Lipinski definition) is 3. The molecule has 0 saturated heterocycles. The SMILES string of the molecule is Cc1cc(Cl)cc(C(=O)Nc2ccc(C(=O)O)cc2N)c1. The highest BCUT2D eigenvalue weighted by Gasteiger charge is 2.11. The van der Waals surface area contributed by atoms with Gasteiger partial charge in [0.25, 0.3) is 5.91 Å². The summed E-state index contributed by atoms with van der Waals surface area (Å²) in [7, 11) is 0. The Balaban J connectivity index is 2.25. The number of aromatic carboxylic acids is 1. The Kier molecular flexibility index (Phi) is 4.14. The molecule has 0 bridgehead atoms. The van der Waals surface area contributed by atoms with E-state index < -0.39 is 5.97 Å². The van der Waals surface area contributed by atoms with Gasteiger partial charge in [-0.1, -0.05) is 11.6 Å². The molecule has 0 spiro atoms. The number of nitrogen functional groups attached to an aromatic ring is 1. The largest absolute Gasteiger partial charge is 0.478 e. The van der Waals surface area contributed by atoms with Gasteiger partial charge in [0, 0.05) is 10.6 Å². The zero-order valence-corrected chi connectivity index (χ0v) is 11.9. The molecule has 0 heterocycles. The van der Waals surface area contributed by atoms with Crippen molar-refractivity contribution in [1.82, 2.24) is 0 Å². The molecule has 2 rings (SSSR count). The van der Waals surface area contributed by atoms with Crippen molar-refractivity contribution in [2.45, 2.75) is 6.92 Å². The molecule has 0 atom stereocenters. The fourth-order valence-corrected chi connectivity index (χ4v) is 2.16. The van der Waals surface area contributed by atoms with Gasteiger partial charge in [0.05, 0.1) is 16.9 Å². The van der Waals surface area contributed by atoms with Crippen LogP contribution in [0.15, 0.2) is 36.4 Å². The van der Waals surface area contributed by atoms with Crippen molar-refractivity contribution in [3.63, 3.8) is 0 Å². The van der Waals surface area contributed by atoms with E-state index in [-0.39, 0.29) is 17.2 Å². The van der Waals surface area contributed by atoms with Crippen LogP contribution in [0, 0.1) is 6.92 Å². The molecule has 0 fully saturated rings. The first-order valence-electron chi connectivity index (χ1n) is 6.08. The zero-order chi connectivity index (χ0) is 15.6. The Morgan fingerprint density at radius 2 is 1.86 bits per heavy atom. The van der Waals surface area contributed by atoms with E-state index in [2.05, 4.69) is 5.32 Å². The molecule has 5 nitrogen and oxygen atoms in total. The van der Waals surface area contributed by atoms with Gasteiger partial charge in [0.1, 0.15) is 0 Å². The van der Waals surface area contributed by atoms with E-state index in [0.29, 0.717) is 16.3 Å². The molecular formula is C15H13ClN2O3. The first kappa shape index (κ1) is 14.9. The summed E-state index contributed by atoms with van der Waals surface area (Å²) in [6.45, 7) is 1.83. The third-order valence-electron chi connectivity index (χ3n) is 2.85. The second kappa shape index (κ2) is 5.85. The van der Waals surface area contributed by atoms with Gasteiger partial charge in [0.2, 0.25) is 0 Å². The Labute approximate surface area is 126 Å². The smallest absolute Gasteiger partial charge is 0.335 e. The number of hydrogen-bond donors (Lipinski definition) is 3. The highest BCUT2D eigenvalue weighted by atomic mass is 35.5. The van der Waals surface area contributed by atoms with Gasteiger partial charge >= 0.3 is 5.97 Å². The summed E-state index contributed by atoms with van der Waals surface area (Å²) in [6, 6.07) is 9.11. The number of amides is 1. The van der Waals surface area contributed by atoms with E-state index in [9.17, 15) is 9.59 Å². The summed E-state index contributed by atoms with van der Waals surface area (Å²) in [5, 5.41) is 12.0. The van der Waals surface area contributed by atoms with Crippen LogP contribution in [0.2, 0.25) is 5.02 Å². The first-order chi connectivity index (χ1) is 9.86. The second-order valence-electron chi connectivity index (χ2n) is 4.58. The molecular weight excluding hydrogens is 292 g/mol. The van der Waals surface area contributed by atoms with Crippen molar-refractivity contribution in [1.29, 1.82) is 0 Å². The number of anilines is 2. The molecule has 1 amide bonds. The molecule has 0 unspecified atom stereocenters. The molecule has 21 heavy (non-hydrogen) atoms. The fourth-order valence-electron chi connectivity index (χ4n) is 1.87. The summed E-state index contributed by atoms with van der Waals surface area (Å²) < 4.78 is 0. The van der Waals surface area contributed by atoms with Gasteiger partial charge in [-0.3, -0.25) is 4.79 Å². The number of rotatable bonds is 3. The minimum atomic E-state index is -1.08.